The second-order valence-electron chi connectivity index (χ2n) is 14.6. The van der Waals surface area contributed by atoms with Crippen LogP contribution in [-0.4, -0.2) is 84.8 Å². The summed E-state index contributed by atoms with van der Waals surface area (Å²) in [6, 6.07) is 0. The third kappa shape index (κ3) is 21.2. The van der Waals surface area contributed by atoms with Crippen molar-refractivity contribution in [3.05, 3.63) is 0 Å². The minimum atomic E-state index is -1.62. The minimum Gasteiger partial charge on any atom is -0.463 e. The van der Waals surface area contributed by atoms with Crippen LogP contribution in [0, 0.1) is 0 Å². The number of hydrogen-bond acceptors (Lipinski definition) is 12. The number of carbonyl (C=O) groups is 6. The van der Waals surface area contributed by atoms with Crippen LogP contribution in [0.3, 0.4) is 0 Å². The molecule has 2 N–H and O–H groups in total. The Morgan fingerprint density at radius 2 is 1.04 bits per heavy atom. The summed E-state index contributed by atoms with van der Waals surface area (Å²) >= 11 is 0. The number of amides is 2. The van der Waals surface area contributed by atoms with Crippen LogP contribution in [0.2, 0.25) is 0 Å². The Balaban J connectivity index is 2.96. The maximum Gasteiger partial charge on any atom is 0.409 e. The van der Waals surface area contributed by atoms with Gasteiger partial charge in [-0.1, -0.05) is 96.8 Å². The molecule has 0 bridgehead atoms. The summed E-state index contributed by atoms with van der Waals surface area (Å²) < 4.78 is 32.7. The van der Waals surface area contributed by atoms with Crippen LogP contribution in [0.15, 0.2) is 0 Å². The van der Waals surface area contributed by atoms with Crippen molar-refractivity contribution < 1.29 is 57.2 Å². The summed E-state index contributed by atoms with van der Waals surface area (Å²) in [4.78, 5) is 74.7. The molecule has 2 amide bonds. The predicted molar refractivity (Wildman–Crippen MR) is 193 cm³/mol. The Labute approximate surface area is 310 Å². The molecule has 14 heteroatoms. The Kier molecular flexibility index (Phi) is 22.9. The molecule has 300 valence electrons. The molecular formula is C38H66N2O12. The number of esters is 4. The maximum atomic E-state index is 13.9. The normalized spacial score (nSPS) is 20.6. The van der Waals surface area contributed by atoms with Crippen molar-refractivity contribution >= 4 is 35.9 Å². The molecule has 0 aromatic heterocycles. The second kappa shape index (κ2) is 25.5. The molecule has 1 aliphatic rings. The lowest BCUT2D eigenvalue weighted by Gasteiger charge is -2.44. The molecule has 1 saturated heterocycles. The van der Waals surface area contributed by atoms with Crippen molar-refractivity contribution in [3.63, 3.8) is 0 Å². The van der Waals surface area contributed by atoms with Gasteiger partial charge >= 0.3 is 30.0 Å². The highest BCUT2D eigenvalue weighted by Gasteiger charge is 2.54. The fourth-order valence-electron chi connectivity index (χ4n) is 6.04. The lowest BCUT2D eigenvalue weighted by molar-refractivity contribution is -0.249. The van der Waals surface area contributed by atoms with Crippen LogP contribution >= 0.6 is 0 Å². The van der Waals surface area contributed by atoms with Crippen molar-refractivity contribution in [1.82, 2.24) is 10.6 Å². The molecule has 0 spiro atoms. The first-order chi connectivity index (χ1) is 24.5. The minimum absolute atomic E-state index is 0.356. The van der Waals surface area contributed by atoms with Gasteiger partial charge in [-0.05, 0) is 33.6 Å². The van der Waals surface area contributed by atoms with Gasteiger partial charge in [-0.15, -0.1) is 0 Å². The van der Waals surface area contributed by atoms with Gasteiger partial charge in [0.15, 0.2) is 24.4 Å². The van der Waals surface area contributed by atoms with Crippen molar-refractivity contribution in [2.75, 3.05) is 6.61 Å². The first-order valence-electron chi connectivity index (χ1n) is 19.1. The van der Waals surface area contributed by atoms with Gasteiger partial charge in [0.05, 0.1) is 0 Å². The maximum absolute atomic E-state index is 13.9. The largest absolute Gasteiger partial charge is 0.463 e. The van der Waals surface area contributed by atoms with Gasteiger partial charge in [-0.25, -0.2) is 4.79 Å². The number of alkyl carbamates (subject to hydrolysis) is 1. The Hall–Kier alpha value is -3.42. The van der Waals surface area contributed by atoms with Crippen LogP contribution in [0.5, 0.6) is 0 Å². The molecule has 0 unspecified atom stereocenters. The van der Waals surface area contributed by atoms with E-state index in [0.717, 1.165) is 53.4 Å². The zero-order chi connectivity index (χ0) is 39.1. The van der Waals surface area contributed by atoms with Gasteiger partial charge in [0.25, 0.3) is 5.91 Å². The molecule has 6 atom stereocenters. The number of carbonyl (C=O) groups excluding carboxylic acids is 6. The molecule has 0 aromatic rings. The van der Waals surface area contributed by atoms with E-state index in [1.54, 1.807) is 20.8 Å². The first kappa shape index (κ1) is 46.6. The topological polar surface area (TPSA) is 182 Å². The van der Waals surface area contributed by atoms with E-state index in [1.165, 1.54) is 64.2 Å². The zero-order valence-corrected chi connectivity index (χ0v) is 32.9. The summed E-state index contributed by atoms with van der Waals surface area (Å²) in [5.41, 5.74) is -0.799. The van der Waals surface area contributed by atoms with E-state index in [4.69, 9.17) is 28.4 Å². The molecule has 0 saturated carbocycles. The van der Waals surface area contributed by atoms with Gasteiger partial charge in [-0.3, -0.25) is 24.0 Å². The highest BCUT2D eigenvalue weighted by molar-refractivity contribution is 5.83. The van der Waals surface area contributed by atoms with Gasteiger partial charge < -0.3 is 39.1 Å². The van der Waals surface area contributed by atoms with Crippen LogP contribution in [-0.2, 0) is 52.4 Å². The van der Waals surface area contributed by atoms with Crippen molar-refractivity contribution in [2.24, 2.45) is 0 Å². The van der Waals surface area contributed by atoms with Crippen molar-refractivity contribution in [1.29, 1.82) is 0 Å². The lowest BCUT2D eigenvalue weighted by atomic mass is 9.93. The monoisotopic (exact) mass is 742 g/mol. The highest BCUT2D eigenvalue weighted by Crippen LogP contribution is 2.30. The van der Waals surface area contributed by atoms with Crippen LogP contribution in [0.4, 0.5) is 4.79 Å². The number of hydrogen-bond donors (Lipinski definition) is 2. The highest BCUT2D eigenvalue weighted by atomic mass is 16.7. The average molecular weight is 743 g/mol. The molecule has 1 aliphatic heterocycles. The second-order valence-corrected chi connectivity index (χ2v) is 14.6. The Bertz CT molecular complexity index is 1110. The third-order valence-corrected chi connectivity index (χ3v) is 8.35. The van der Waals surface area contributed by atoms with E-state index in [2.05, 4.69) is 17.6 Å². The summed E-state index contributed by atoms with van der Waals surface area (Å²) in [5, 5.41) is 5.45. The standard InChI is InChI=1S/C38H66N2O12/c1-9-10-11-12-13-14-15-16-17-18-19-20-21-22-23-24-31(40-37(46)52-38(6,7)8)39-36(45)35-34(50-29(5)44)33(49-28(4)43)32(48-27(3)42)30(51-35)25-47-26(2)41/h30-35H,9-25H2,1-8H3,(H,39,45)(H,40,46)/t30-,31-,32-,33+,34-,35+/m1/s1. The molecule has 52 heavy (non-hydrogen) atoms. The molecule has 1 fully saturated rings. The molecule has 1 heterocycles. The van der Waals surface area contributed by atoms with E-state index < -0.39 is 84.8 Å². The average Bonchev–Trinajstić information content (AvgIpc) is 3.02. The third-order valence-electron chi connectivity index (χ3n) is 8.35. The fourth-order valence-corrected chi connectivity index (χ4v) is 6.04. The summed E-state index contributed by atoms with van der Waals surface area (Å²) in [5.74, 6) is -3.93. The van der Waals surface area contributed by atoms with E-state index in [1.807, 2.05) is 0 Å². The van der Waals surface area contributed by atoms with E-state index in [9.17, 15) is 28.8 Å². The van der Waals surface area contributed by atoms with Crippen molar-refractivity contribution in [3.8, 4) is 0 Å². The molecule has 0 aliphatic carbocycles. The van der Waals surface area contributed by atoms with Crippen LogP contribution in [0.1, 0.15) is 158 Å². The molecule has 1 rings (SSSR count). The molecule has 0 aromatic carbocycles. The molecule has 0 radical (unpaired) electrons. The quantitative estimate of drug-likeness (QED) is 0.0485. The number of unbranched alkanes of at least 4 members (excludes halogenated alkanes) is 14. The summed E-state index contributed by atoms with van der Waals surface area (Å²) in [6.45, 7) is 11.4. The lowest BCUT2D eigenvalue weighted by Crippen LogP contribution is -2.66. The number of rotatable bonds is 24. The first-order valence-corrected chi connectivity index (χ1v) is 19.1. The zero-order valence-electron chi connectivity index (χ0n) is 32.9. The number of nitrogens with one attached hydrogen (secondary N) is 2. The van der Waals surface area contributed by atoms with E-state index in [-0.39, 0.29) is 0 Å². The Morgan fingerprint density at radius 1 is 0.596 bits per heavy atom. The van der Waals surface area contributed by atoms with Gasteiger partial charge in [0, 0.05) is 27.7 Å². The SMILES string of the molecule is CCCCCCCCCCCCCCCCC[C@@H](NC(=O)OC(C)(C)C)NC(=O)[C@H]1O[C@H](COC(C)=O)[C@@H](OC(C)=O)[C@H](OC(C)=O)[C@H]1OC(C)=O. The fraction of sp³-hybridized carbons (Fsp3) is 0.842. The van der Waals surface area contributed by atoms with Crippen LogP contribution < -0.4 is 10.6 Å². The molecular weight excluding hydrogens is 676 g/mol. The van der Waals surface area contributed by atoms with Gasteiger partial charge in [0.2, 0.25) is 0 Å². The van der Waals surface area contributed by atoms with Gasteiger partial charge in [-0.2, -0.15) is 0 Å². The Morgan fingerprint density at radius 3 is 1.48 bits per heavy atom. The van der Waals surface area contributed by atoms with E-state index in [0.29, 0.717) is 12.8 Å². The summed E-state index contributed by atoms with van der Waals surface area (Å²) in [7, 11) is 0. The van der Waals surface area contributed by atoms with Crippen molar-refractivity contribution in [2.45, 2.75) is 200 Å². The number of ether oxygens (including phenoxy) is 6. The van der Waals surface area contributed by atoms with E-state index >= 15 is 0 Å². The predicted octanol–water partition coefficient (Wildman–Crippen LogP) is 6.34. The van der Waals surface area contributed by atoms with Crippen LogP contribution in [0.25, 0.3) is 0 Å². The smallest absolute Gasteiger partial charge is 0.409 e. The molecule has 14 nitrogen and oxygen atoms in total. The van der Waals surface area contributed by atoms with Gasteiger partial charge in [0.1, 0.15) is 24.5 Å². The summed E-state index contributed by atoms with van der Waals surface area (Å²) in [6.07, 6.45) is 9.18.